The third-order valence-electron chi connectivity index (χ3n) is 5.45. The molecule has 1 aliphatic rings. The van der Waals surface area contributed by atoms with E-state index in [0.717, 1.165) is 23.2 Å². The summed E-state index contributed by atoms with van der Waals surface area (Å²) in [5.41, 5.74) is 8.20. The number of carboxylic acid groups (broad SMARTS) is 1. The number of methoxy groups -OCH3 is 1. The zero-order valence-corrected chi connectivity index (χ0v) is 19.8. The molecule has 3 heterocycles. The van der Waals surface area contributed by atoms with Crippen LogP contribution in [-0.4, -0.2) is 51.6 Å². The lowest BCUT2D eigenvalue weighted by atomic mass is 10.1. The summed E-state index contributed by atoms with van der Waals surface area (Å²) >= 11 is 0. The summed E-state index contributed by atoms with van der Waals surface area (Å²) in [5, 5.41) is 14.6. The molecule has 0 spiro atoms. The number of nitrogens with zero attached hydrogens (tertiary/aromatic N) is 2. The number of aromatic carboxylic acids is 1. The van der Waals surface area contributed by atoms with Crippen LogP contribution in [-0.2, 0) is 17.9 Å². The molecule has 2 aromatic heterocycles. The summed E-state index contributed by atoms with van der Waals surface area (Å²) in [6.45, 7) is 0.686. The lowest BCUT2D eigenvalue weighted by Crippen LogP contribution is -2.26. The van der Waals surface area contributed by atoms with Crippen LogP contribution in [0.2, 0.25) is 0 Å². The van der Waals surface area contributed by atoms with Crippen molar-refractivity contribution in [2.24, 2.45) is 5.73 Å². The Balaban J connectivity index is 0.000000270. The van der Waals surface area contributed by atoms with Crippen LogP contribution in [0.25, 0.3) is 11.0 Å². The first-order valence-electron chi connectivity index (χ1n) is 11.1. The van der Waals surface area contributed by atoms with E-state index in [0.29, 0.717) is 18.0 Å². The Kier molecular flexibility index (Phi) is 7.59. The maximum Gasteiger partial charge on any atom is 0.339 e. The molecule has 2 amide bonds. The largest absolute Gasteiger partial charge is 0.496 e. The van der Waals surface area contributed by atoms with Crippen molar-refractivity contribution < 1.29 is 29.0 Å². The summed E-state index contributed by atoms with van der Waals surface area (Å²) in [5.74, 6) is -0.448. The molecule has 4 aromatic rings. The van der Waals surface area contributed by atoms with Crippen LogP contribution in [0.3, 0.4) is 0 Å². The molecule has 0 saturated carbocycles. The number of anilines is 1. The molecule has 6 N–H and O–H groups in total. The normalized spacial score (nSPS) is 11.9. The molecule has 190 valence electrons. The van der Waals surface area contributed by atoms with E-state index in [1.54, 1.807) is 25.3 Å². The first-order valence-corrected chi connectivity index (χ1v) is 11.1. The number of fused-ring (bicyclic) bond motifs is 2. The quantitative estimate of drug-likeness (QED) is 0.262. The van der Waals surface area contributed by atoms with Gasteiger partial charge in [0.05, 0.1) is 18.3 Å². The maximum absolute atomic E-state index is 12.5. The minimum Gasteiger partial charge on any atom is -0.496 e. The fraction of sp³-hybridized carbons (Fsp3) is 0.160. The minimum absolute atomic E-state index is 0.0265. The molecule has 0 aliphatic carbocycles. The predicted octanol–water partition coefficient (Wildman–Crippen LogP) is 2.07. The van der Waals surface area contributed by atoms with Gasteiger partial charge in [0.2, 0.25) is 0 Å². The number of nitrogens with two attached hydrogens (primary N) is 1. The number of hydrogen-bond acceptors (Lipinski definition) is 8. The van der Waals surface area contributed by atoms with Crippen molar-refractivity contribution in [3.63, 3.8) is 0 Å². The van der Waals surface area contributed by atoms with Crippen LogP contribution in [0.1, 0.15) is 32.0 Å². The zero-order chi connectivity index (χ0) is 26.4. The highest BCUT2D eigenvalue weighted by Crippen LogP contribution is 2.28. The van der Waals surface area contributed by atoms with Gasteiger partial charge in [-0.25, -0.2) is 14.8 Å². The van der Waals surface area contributed by atoms with Gasteiger partial charge in [0.15, 0.2) is 12.3 Å². The highest BCUT2D eigenvalue weighted by atomic mass is 16.5. The van der Waals surface area contributed by atoms with Crippen LogP contribution < -0.4 is 25.8 Å². The smallest absolute Gasteiger partial charge is 0.339 e. The summed E-state index contributed by atoms with van der Waals surface area (Å²) in [4.78, 5) is 45.7. The SMILES string of the molecule is COc1ccccc1CN.O=C1COc2ccc(CNC(=O)c3ncnc4c(C(=O)O)c[nH]c34)cc2N1. The molecule has 0 fully saturated rings. The van der Waals surface area contributed by atoms with Gasteiger partial charge in [0, 0.05) is 24.8 Å². The van der Waals surface area contributed by atoms with E-state index < -0.39 is 11.9 Å². The van der Waals surface area contributed by atoms with Crippen molar-refractivity contribution in [2.75, 3.05) is 19.0 Å². The predicted molar refractivity (Wildman–Crippen MR) is 133 cm³/mol. The number of carbonyl (C=O) groups excluding carboxylic acids is 2. The number of benzene rings is 2. The lowest BCUT2D eigenvalue weighted by molar-refractivity contribution is -0.118. The molecular weight excluding hydrogens is 480 g/mol. The van der Waals surface area contributed by atoms with Crippen molar-refractivity contribution in [1.82, 2.24) is 20.3 Å². The summed E-state index contributed by atoms with van der Waals surface area (Å²) in [6, 6.07) is 12.9. The molecule has 0 atom stereocenters. The number of rotatable bonds is 6. The van der Waals surface area contributed by atoms with Crippen molar-refractivity contribution in [3.05, 3.63) is 77.4 Å². The molecule has 37 heavy (non-hydrogen) atoms. The van der Waals surface area contributed by atoms with E-state index in [2.05, 4.69) is 25.6 Å². The number of ether oxygens (including phenoxy) is 2. The number of nitrogens with one attached hydrogen (secondary N) is 3. The summed E-state index contributed by atoms with van der Waals surface area (Å²) in [7, 11) is 1.65. The van der Waals surface area contributed by atoms with Gasteiger partial charge in [-0.15, -0.1) is 0 Å². The monoisotopic (exact) mass is 504 g/mol. The third-order valence-corrected chi connectivity index (χ3v) is 5.45. The Morgan fingerprint density at radius 1 is 1.22 bits per heavy atom. The highest BCUT2D eigenvalue weighted by molar-refractivity contribution is 6.08. The Hall–Kier alpha value is -4.97. The van der Waals surface area contributed by atoms with Gasteiger partial charge >= 0.3 is 5.97 Å². The van der Waals surface area contributed by atoms with E-state index in [4.69, 9.17) is 20.3 Å². The number of hydrogen-bond donors (Lipinski definition) is 5. The molecule has 12 heteroatoms. The second kappa shape index (κ2) is 11.2. The second-order valence-corrected chi connectivity index (χ2v) is 7.82. The molecule has 0 bridgehead atoms. The van der Waals surface area contributed by atoms with Gasteiger partial charge in [-0.05, 0) is 23.8 Å². The van der Waals surface area contributed by atoms with Gasteiger partial charge < -0.3 is 35.9 Å². The Labute approximate surface area is 210 Å². The Morgan fingerprint density at radius 2 is 2.03 bits per heavy atom. The molecule has 0 unspecified atom stereocenters. The minimum atomic E-state index is -1.15. The molecule has 12 nitrogen and oxygen atoms in total. The van der Waals surface area contributed by atoms with Gasteiger partial charge in [0.25, 0.3) is 11.8 Å². The lowest BCUT2D eigenvalue weighted by Gasteiger charge is -2.18. The van der Waals surface area contributed by atoms with Crippen molar-refractivity contribution in [2.45, 2.75) is 13.1 Å². The molecule has 5 rings (SSSR count). The molecule has 0 radical (unpaired) electrons. The number of carbonyl (C=O) groups is 3. The molecular formula is C25H24N6O6. The van der Waals surface area contributed by atoms with Crippen LogP contribution >= 0.6 is 0 Å². The maximum atomic E-state index is 12.5. The standard InChI is InChI=1S/C17H13N5O5.C8H11NO/c23-12-6-27-11-2-1-8(3-10(11)22-12)4-19-16(24)15-14-13(20-7-21-15)9(5-18-14)17(25)26;1-10-8-5-3-2-4-7(8)6-9/h1-3,5,7,18H,4,6H2,(H,19,24)(H,22,23)(H,25,26);2-5H,6,9H2,1H3. The fourth-order valence-corrected chi connectivity index (χ4v) is 3.65. The topological polar surface area (TPSA) is 182 Å². The Bertz CT molecular complexity index is 1440. The van der Waals surface area contributed by atoms with Gasteiger partial charge in [0.1, 0.15) is 28.9 Å². The van der Waals surface area contributed by atoms with Crippen LogP contribution in [0.5, 0.6) is 11.5 Å². The molecule has 1 aliphatic heterocycles. The summed E-state index contributed by atoms with van der Waals surface area (Å²) in [6.07, 6.45) is 2.41. The first-order chi connectivity index (χ1) is 17.9. The third kappa shape index (κ3) is 5.65. The van der Waals surface area contributed by atoms with Crippen LogP contribution in [0.4, 0.5) is 5.69 Å². The van der Waals surface area contributed by atoms with Crippen LogP contribution in [0, 0.1) is 0 Å². The molecule has 2 aromatic carbocycles. The Morgan fingerprint density at radius 3 is 2.76 bits per heavy atom. The number of aromatic amines is 1. The van der Waals surface area contributed by atoms with E-state index in [9.17, 15) is 14.4 Å². The van der Waals surface area contributed by atoms with E-state index in [1.807, 2.05) is 24.3 Å². The fourth-order valence-electron chi connectivity index (χ4n) is 3.65. The number of amides is 2. The number of H-pyrrole nitrogens is 1. The second-order valence-electron chi connectivity index (χ2n) is 7.82. The van der Waals surface area contributed by atoms with E-state index in [1.165, 1.54) is 6.20 Å². The van der Waals surface area contributed by atoms with E-state index >= 15 is 0 Å². The highest BCUT2D eigenvalue weighted by Gasteiger charge is 2.20. The van der Waals surface area contributed by atoms with E-state index in [-0.39, 0.29) is 41.3 Å². The zero-order valence-electron chi connectivity index (χ0n) is 19.8. The van der Waals surface area contributed by atoms with Gasteiger partial charge in [-0.2, -0.15) is 0 Å². The first kappa shape index (κ1) is 25.1. The summed E-state index contributed by atoms with van der Waals surface area (Å²) < 4.78 is 10.3. The van der Waals surface area contributed by atoms with Crippen molar-refractivity contribution in [3.8, 4) is 11.5 Å². The average molecular weight is 505 g/mol. The number of para-hydroxylation sites is 1. The van der Waals surface area contributed by atoms with Crippen molar-refractivity contribution >= 4 is 34.5 Å². The van der Waals surface area contributed by atoms with Crippen LogP contribution in [0.15, 0.2) is 55.0 Å². The van der Waals surface area contributed by atoms with Gasteiger partial charge in [-0.3, -0.25) is 9.59 Å². The number of aromatic nitrogens is 3. The number of carboxylic acids is 1. The molecule has 0 saturated heterocycles. The average Bonchev–Trinajstić information content (AvgIpc) is 3.36. The van der Waals surface area contributed by atoms with Crippen molar-refractivity contribution in [1.29, 1.82) is 0 Å². The van der Waals surface area contributed by atoms with Gasteiger partial charge in [-0.1, -0.05) is 24.3 Å².